The molecule has 4 rings (SSSR count). The van der Waals surface area contributed by atoms with Gasteiger partial charge in [0.25, 0.3) is 5.91 Å². The lowest BCUT2D eigenvalue weighted by Gasteiger charge is -2.34. The second-order valence-electron chi connectivity index (χ2n) is 9.02. The molecule has 0 radical (unpaired) electrons. The highest BCUT2D eigenvalue weighted by atomic mass is 16.5. The Morgan fingerprint density at radius 2 is 1.62 bits per heavy atom. The number of carbonyl (C=O) groups excluding carboxylic acids is 3. The quantitative estimate of drug-likeness (QED) is 0.642. The molecular formula is C24H33N3O5. The van der Waals surface area contributed by atoms with E-state index >= 15 is 0 Å². The number of piperidine rings is 1. The van der Waals surface area contributed by atoms with E-state index < -0.39 is 0 Å². The number of benzene rings is 1. The minimum absolute atomic E-state index is 0.0158. The SMILES string of the molecule is COc1ccc(OCC(=O)N2CCC(CN3CC(C(=O)N4CCCC4)CC3=O)CC2)cc1. The van der Waals surface area contributed by atoms with E-state index in [2.05, 4.69) is 0 Å². The van der Waals surface area contributed by atoms with E-state index in [0.29, 0.717) is 44.3 Å². The number of hydrogen-bond acceptors (Lipinski definition) is 5. The maximum absolute atomic E-state index is 12.6. The first-order valence-corrected chi connectivity index (χ1v) is 11.6. The summed E-state index contributed by atoms with van der Waals surface area (Å²) >= 11 is 0. The first-order chi connectivity index (χ1) is 15.5. The van der Waals surface area contributed by atoms with Crippen molar-refractivity contribution < 1.29 is 23.9 Å². The molecule has 1 unspecified atom stereocenters. The Labute approximate surface area is 189 Å². The van der Waals surface area contributed by atoms with Crippen molar-refractivity contribution in [3.63, 3.8) is 0 Å². The molecular weight excluding hydrogens is 410 g/mol. The number of carbonyl (C=O) groups is 3. The lowest BCUT2D eigenvalue weighted by Crippen LogP contribution is -2.43. The van der Waals surface area contributed by atoms with Crippen LogP contribution in [0, 0.1) is 11.8 Å². The molecule has 3 saturated heterocycles. The van der Waals surface area contributed by atoms with Crippen LogP contribution in [0.15, 0.2) is 24.3 Å². The van der Waals surface area contributed by atoms with Gasteiger partial charge in [-0.3, -0.25) is 14.4 Å². The van der Waals surface area contributed by atoms with Crippen molar-refractivity contribution in [1.29, 1.82) is 0 Å². The zero-order valence-electron chi connectivity index (χ0n) is 18.8. The highest BCUT2D eigenvalue weighted by molar-refractivity contribution is 5.89. The van der Waals surface area contributed by atoms with Gasteiger partial charge in [-0.15, -0.1) is 0 Å². The van der Waals surface area contributed by atoms with Gasteiger partial charge in [0.15, 0.2) is 6.61 Å². The Bertz CT molecular complexity index is 813. The number of amides is 3. The van der Waals surface area contributed by atoms with Gasteiger partial charge in [0.1, 0.15) is 11.5 Å². The predicted molar refractivity (Wildman–Crippen MR) is 118 cm³/mol. The van der Waals surface area contributed by atoms with Gasteiger partial charge in [0.05, 0.1) is 13.0 Å². The van der Waals surface area contributed by atoms with E-state index in [1.165, 1.54) is 0 Å². The molecule has 3 fully saturated rings. The van der Waals surface area contributed by atoms with Crippen LogP contribution in [0.5, 0.6) is 11.5 Å². The standard InChI is InChI=1S/C24H33N3O5/c1-31-20-4-6-21(7-5-20)32-17-23(29)25-12-8-18(9-13-25)15-27-16-19(14-22(27)28)24(30)26-10-2-3-11-26/h4-7,18-19H,2-3,8-17H2,1H3. The number of methoxy groups -OCH3 is 1. The van der Waals surface area contributed by atoms with E-state index in [0.717, 1.165) is 44.5 Å². The Kier molecular flexibility index (Phi) is 7.17. The van der Waals surface area contributed by atoms with Crippen molar-refractivity contribution >= 4 is 17.7 Å². The minimum Gasteiger partial charge on any atom is -0.497 e. The van der Waals surface area contributed by atoms with Crippen LogP contribution in [0.2, 0.25) is 0 Å². The third-order valence-corrected chi connectivity index (χ3v) is 6.85. The number of rotatable bonds is 7. The zero-order chi connectivity index (χ0) is 22.5. The molecule has 0 aliphatic carbocycles. The lowest BCUT2D eigenvalue weighted by molar-refractivity contribution is -0.135. The van der Waals surface area contributed by atoms with Crippen molar-refractivity contribution in [3.05, 3.63) is 24.3 Å². The van der Waals surface area contributed by atoms with Gasteiger partial charge in [0.2, 0.25) is 11.8 Å². The van der Waals surface area contributed by atoms with Crippen LogP contribution in [0.4, 0.5) is 0 Å². The van der Waals surface area contributed by atoms with Crippen LogP contribution in [0.25, 0.3) is 0 Å². The normalized spacial score (nSPS) is 21.8. The van der Waals surface area contributed by atoms with Gasteiger partial charge in [-0.25, -0.2) is 0 Å². The summed E-state index contributed by atoms with van der Waals surface area (Å²) in [6, 6.07) is 7.17. The van der Waals surface area contributed by atoms with Crippen LogP contribution >= 0.6 is 0 Å². The summed E-state index contributed by atoms with van der Waals surface area (Å²) in [5.74, 6) is 1.79. The molecule has 3 heterocycles. The average Bonchev–Trinajstić information content (AvgIpc) is 3.48. The van der Waals surface area contributed by atoms with Gasteiger partial charge < -0.3 is 24.2 Å². The van der Waals surface area contributed by atoms with Crippen LogP contribution in [0.1, 0.15) is 32.1 Å². The van der Waals surface area contributed by atoms with Gasteiger partial charge in [-0.1, -0.05) is 0 Å². The molecule has 174 valence electrons. The minimum atomic E-state index is -0.183. The molecule has 0 N–H and O–H groups in total. The first-order valence-electron chi connectivity index (χ1n) is 11.6. The number of hydrogen-bond donors (Lipinski definition) is 0. The highest BCUT2D eigenvalue weighted by Crippen LogP contribution is 2.26. The molecule has 8 nitrogen and oxygen atoms in total. The molecule has 0 bridgehead atoms. The molecule has 0 saturated carbocycles. The average molecular weight is 444 g/mol. The maximum atomic E-state index is 12.6. The van der Waals surface area contributed by atoms with E-state index in [9.17, 15) is 14.4 Å². The smallest absolute Gasteiger partial charge is 0.260 e. The largest absolute Gasteiger partial charge is 0.497 e. The Balaban J connectivity index is 1.18. The monoisotopic (exact) mass is 443 g/mol. The van der Waals surface area contributed by atoms with Crippen LogP contribution < -0.4 is 9.47 Å². The summed E-state index contributed by atoms with van der Waals surface area (Å²) in [6.45, 7) is 4.26. The summed E-state index contributed by atoms with van der Waals surface area (Å²) < 4.78 is 10.7. The van der Waals surface area contributed by atoms with E-state index in [4.69, 9.17) is 9.47 Å². The fourth-order valence-corrected chi connectivity index (χ4v) is 4.89. The van der Waals surface area contributed by atoms with E-state index in [1.807, 2.05) is 14.7 Å². The van der Waals surface area contributed by atoms with Crippen molar-refractivity contribution in [1.82, 2.24) is 14.7 Å². The van der Waals surface area contributed by atoms with E-state index in [-0.39, 0.29) is 30.2 Å². The maximum Gasteiger partial charge on any atom is 0.260 e. The highest BCUT2D eigenvalue weighted by Gasteiger charge is 2.38. The van der Waals surface area contributed by atoms with Crippen LogP contribution in [0.3, 0.4) is 0 Å². The van der Waals surface area contributed by atoms with Crippen LogP contribution in [-0.2, 0) is 14.4 Å². The fourth-order valence-electron chi connectivity index (χ4n) is 4.89. The number of nitrogens with zero attached hydrogens (tertiary/aromatic N) is 3. The summed E-state index contributed by atoms with van der Waals surface area (Å²) in [6.07, 6.45) is 4.21. The number of likely N-dealkylation sites (tertiary alicyclic amines) is 3. The molecule has 3 amide bonds. The van der Waals surface area contributed by atoms with Crippen LogP contribution in [-0.4, -0.2) is 85.4 Å². The van der Waals surface area contributed by atoms with Gasteiger partial charge in [0, 0.05) is 45.7 Å². The van der Waals surface area contributed by atoms with Crippen molar-refractivity contribution in [2.75, 3.05) is 53.0 Å². The summed E-state index contributed by atoms with van der Waals surface area (Å²) in [7, 11) is 1.61. The molecule has 1 atom stereocenters. The Morgan fingerprint density at radius 3 is 2.28 bits per heavy atom. The summed E-state index contributed by atoms with van der Waals surface area (Å²) in [5, 5.41) is 0. The van der Waals surface area contributed by atoms with Crippen molar-refractivity contribution in [3.8, 4) is 11.5 Å². The fraction of sp³-hybridized carbons (Fsp3) is 0.625. The predicted octanol–water partition coefficient (Wildman–Crippen LogP) is 1.78. The molecule has 1 aromatic carbocycles. The lowest BCUT2D eigenvalue weighted by atomic mass is 9.96. The second kappa shape index (κ2) is 10.2. The zero-order valence-corrected chi connectivity index (χ0v) is 18.8. The Hall–Kier alpha value is -2.77. The van der Waals surface area contributed by atoms with Crippen molar-refractivity contribution in [2.45, 2.75) is 32.1 Å². The molecule has 3 aliphatic heterocycles. The third-order valence-electron chi connectivity index (χ3n) is 6.85. The number of ether oxygens (including phenoxy) is 2. The van der Waals surface area contributed by atoms with Gasteiger partial charge in [-0.05, 0) is 55.9 Å². The van der Waals surface area contributed by atoms with Gasteiger partial charge in [-0.2, -0.15) is 0 Å². The molecule has 1 aromatic rings. The van der Waals surface area contributed by atoms with Crippen molar-refractivity contribution in [2.24, 2.45) is 11.8 Å². The van der Waals surface area contributed by atoms with Gasteiger partial charge >= 0.3 is 0 Å². The topological polar surface area (TPSA) is 79.4 Å². The molecule has 0 spiro atoms. The molecule has 8 heteroatoms. The third kappa shape index (κ3) is 5.34. The first kappa shape index (κ1) is 22.4. The molecule has 0 aromatic heterocycles. The molecule has 3 aliphatic rings. The summed E-state index contributed by atoms with van der Waals surface area (Å²) in [5.41, 5.74) is 0. The second-order valence-corrected chi connectivity index (χ2v) is 9.02. The molecule has 32 heavy (non-hydrogen) atoms. The Morgan fingerprint density at radius 1 is 0.969 bits per heavy atom. The van der Waals surface area contributed by atoms with E-state index in [1.54, 1.807) is 31.4 Å². The summed E-state index contributed by atoms with van der Waals surface area (Å²) in [4.78, 5) is 43.2.